The predicted molar refractivity (Wildman–Crippen MR) is 89.2 cm³/mol. The van der Waals surface area contributed by atoms with E-state index >= 15 is 0 Å². The lowest BCUT2D eigenvalue weighted by atomic mass is 10.2. The molecule has 1 aliphatic rings. The number of morpholine rings is 1. The van der Waals surface area contributed by atoms with Crippen LogP contribution in [0.5, 0.6) is 5.75 Å². The van der Waals surface area contributed by atoms with Gasteiger partial charge >= 0.3 is 0 Å². The van der Waals surface area contributed by atoms with Crippen LogP contribution in [0.2, 0.25) is 0 Å². The fourth-order valence-electron chi connectivity index (χ4n) is 2.26. The summed E-state index contributed by atoms with van der Waals surface area (Å²) in [4.78, 5) is 9.93. The van der Waals surface area contributed by atoms with Crippen LogP contribution in [0.1, 0.15) is 5.56 Å². The Morgan fingerprint density at radius 1 is 1.29 bits per heavy atom. The average Bonchev–Trinajstić information content (AvgIpc) is 2.64. The zero-order valence-electron chi connectivity index (χ0n) is 13.3. The summed E-state index contributed by atoms with van der Waals surface area (Å²) in [5.74, 6) is 0.816. The lowest BCUT2D eigenvalue weighted by Gasteiger charge is -2.27. The molecule has 0 atom stereocenters. The van der Waals surface area contributed by atoms with E-state index in [2.05, 4.69) is 20.5 Å². The van der Waals surface area contributed by atoms with Crippen LogP contribution in [0.3, 0.4) is 0 Å². The van der Waals surface area contributed by atoms with Crippen LogP contribution in [-0.2, 0) is 4.74 Å². The summed E-state index contributed by atoms with van der Waals surface area (Å²) >= 11 is 0. The van der Waals surface area contributed by atoms with Crippen LogP contribution in [0.25, 0.3) is 0 Å². The monoisotopic (exact) mass is 331 g/mol. The third-order valence-electron chi connectivity index (χ3n) is 3.53. The molecule has 0 saturated carbocycles. The second-order valence-electron chi connectivity index (χ2n) is 5.11. The van der Waals surface area contributed by atoms with Crippen molar-refractivity contribution in [2.75, 3.05) is 43.7 Å². The molecule has 0 amide bonds. The Hall–Kier alpha value is -2.74. The number of aromatic nitrogens is 2. The lowest BCUT2D eigenvalue weighted by molar-refractivity contribution is 0.122. The Labute approximate surface area is 139 Å². The van der Waals surface area contributed by atoms with Crippen molar-refractivity contribution < 1.29 is 13.9 Å². The lowest BCUT2D eigenvalue weighted by Crippen LogP contribution is -2.37. The maximum Gasteiger partial charge on any atom is 0.245 e. The molecule has 1 N–H and O–H groups in total. The SMILES string of the molecule is COc1ccc(C=NNc2ncc(F)c(N3CCOCC3)n2)cc1. The molecular weight excluding hydrogens is 313 g/mol. The van der Waals surface area contributed by atoms with E-state index in [0.717, 1.165) is 17.5 Å². The van der Waals surface area contributed by atoms with Gasteiger partial charge in [0, 0.05) is 13.1 Å². The Bertz CT molecular complexity index is 702. The molecule has 126 valence electrons. The van der Waals surface area contributed by atoms with Gasteiger partial charge in [-0.25, -0.2) is 14.8 Å². The standard InChI is InChI=1S/C16H18FN5O2/c1-23-13-4-2-12(3-5-13)10-19-21-16-18-11-14(17)15(20-16)22-6-8-24-9-7-22/h2-5,10-11H,6-9H2,1H3,(H,18,20,21). The minimum absolute atomic E-state index is 0.239. The number of hydrazone groups is 1. The molecule has 8 heteroatoms. The van der Waals surface area contributed by atoms with Crippen molar-refractivity contribution in [1.29, 1.82) is 0 Å². The highest BCUT2D eigenvalue weighted by Gasteiger charge is 2.17. The minimum atomic E-state index is -0.457. The van der Waals surface area contributed by atoms with Crippen LogP contribution in [-0.4, -0.2) is 49.6 Å². The normalized spacial score (nSPS) is 14.8. The Balaban J connectivity index is 1.67. The zero-order chi connectivity index (χ0) is 16.8. The summed E-state index contributed by atoms with van der Waals surface area (Å²) < 4.78 is 24.3. The molecule has 1 aromatic heterocycles. The molecule has 7 nitrogen and oxygen atoms in total. The zero-order valence-corrected chi connectivity index (χ0v) is 13.3. The minimum Gasteiger partial charge on any atom is -0.497 e. The van der Waals surface area contributed by atoms with Gasteiger partial charge in [0.25, 0.3) is 0 Å². The maximum absolute atomic E-state index is 13.9. The number of methoxy groups -OCH3 is 1. The fraction of sp³-hybridized carbons (Fsp3) is 0.312. The highest BCUT2D eigenvalue weighted by atomic mass is 19.1. The van der Waals surface area contributed by atoms with Crippen molar-refractivity contribution in [3.8, 4) is 5.75 Å². The average molecular weight is 331 g/mol. The van der Waals surface area contributed by atoms with Crippen LogP contribution < -0.4 is 15.1 Å². The van der Waals surface area contributed by atoms with Gasteiger partial charge in [0.15, 0.2) is 11.6 Å². The number of hydrogen-bond donors (Lipinski definition) is 1. The van der Waals surface area contributed by atoms with E-state index in [1.54, 1.807) is 13.3 Å². The first-order valence-electron chi connectivity index (χ1n) is 7.54. The van der Waals surface area contributed by atoms with Gasteiger partial charge in [-0.05, 0) is 29.8 Å². The first kappa shape index (κ1) is 16.1. The molecule has 1 fully saturated rings. The molecule has 1 aromatic carbocycles. The summed E-state index contributed by atoms with van der Waals surface area (Å²) in [5.41, 5.74) is 3.61. The molecule has 0 spiro atoms. The summed E-state index contributed by atoms with van der Waals surface area (Å²) in [5, 5.41) is 4.08. The number of rotatable bonds is 5. The van der Waals surface area contributed by atoms with Crippen LogP contribution in [0, 0.1) is 5.82 Å². The van der Waals surface area contributed by atoms with Crippen LogP contribution in [0.15, 0.2) is 35.6 Å². The highest BCUT2D eigenvalue weighted by Crippen LogP contribution is 2.18. The van der Waals surface area contributed by atoms with Crippen molar-refractivity contribution in [3.05, 3.63) is 41.8 Å². The Kier molecular flexibility index (Phi) is 5.17. The van der Waals surface area contributed by atoms with E-state index in [1.165, 1.54) is 0 Å². The van der Waals surface area contributed by atoms with E-state index < -0.39 is 5.82 Å². The number of nitrogens with zero attached hydrogens (tertiary/aromatic N) is 4. The molecule has 2 heterocycles. The molecule has 0 radical (unpaired) electrons. The van der Waals surface area contributed by atoms with Gasteiger partial charge in [-0.2, -0.15) is 10.1 Å². The van der Waals surface area contributed by atoms with Crippen molar-refractivity contribution in [2.24, 2.45) is 5.10 Å². The molecule has 0 unspecified atom stereocenters. The van der Waals surface area contributed by atoms with E-state index in [-0.39, 0.29) is 11.8 Å². The molecule has 2 aromatic rings. The first-order chi connectivity index (χ1) is 11.8. The molecule has 24 heavy (non-hydrogen) atoms. The number of ether oxygens (including phenoxy) is 2. The quantitative estimate of drug-likeness (QED) is 0.666. The molecule has 1 aliphatic heterocycles. The highest BCUT2D eigenvalue weighted by molar-refractivity contribution is 5.80. The van der Waals surface area contributed by atoms with E-state index in [4.69, 9.17) is 9.47 Å². The molecule has 1 saturated heterocycles. The number of benzene rings is 1. The van der Waals surface area contributed by atoms with Crippen molar-refractivity contribution in [1.82, 2.24) is 9.97 Å². The van der Waals surface area contributed by atoms with Crippen LogP contribution >= 0.6 is 0 Å². The van der Waals surface area contributed by atoms with Gasteiger partial charge in [0.1, 0.15) is 5.75 Å². The largest absolute Gasteiger partial charge is 0.497 e. The van der Waals surface area contributed by atoms with Crippen molar-refractivity contribution in [3.63, 3.8) is 0 Å². The van der Waals surface area contributed by atoms with Gasteiger partial charge in [0.2, 0.25) is 5.95 Å². The molecule has 0 bridgehead atoms. The van der Waals surface area contributed by atoms with Gasteiger partial charge in [-0.1, -0.05) is 0 Å². The maximum atomic E-state index is 13.9. The molecule has 0 aliphatic carbocycles. The van der Waals surface area contributed by atoms with Crippen LogP contribution in [0.4, 0.5) is 16.2 Å². The van der Waals surface area contributed by atoms with E-state index in [1.807, 2.05) is 29.2 Å². The predicted octanol–water partition coefficient (Wildman–Crippen LogP) is 1.91. The second-order valence-corrected chi connectivity index (χ2v) is 5.11. The van der Waals surface area contributed by atoms with Gasteiger partial charge in [-0.15, -0.1) is 0 Å². The second kappa shape index (κ2) is 7.69. The first-order valence-corrected chi connectivity index (χ1v) is 7.54. The van der Waals surface area contributed by atoms with E-state index in [9.17, 15) is 4.39 Å². The Morgan fingerprint density at radius 2 is 2.04 bits per heavy atom. The van der Waals surface area contributed by atoms with Gasteiger partial charge in [0.05, 0.1) is 32.7 Å². The summed E-state index contributed by atoms with van der Waals surface area (Å²) in [6, 6.07) is 7.42. The summed E-state index contributed by atoms with van der Waals surface area (Å²) in [6.45, 7) is 2.31. The van der Waals surface area contributed by atoms with Gasteiger partial charge in [-0.3, -0.25) is 0 Å². The summed E-state index contributed by atoms with van der Waals surface area (Å²) in [7, 11) is 1.61. The van der Waals surface area contributed by atoms with E-state index in [0.29, 0.717) is 26.3 Å². The third kappa shape index (κ3) is 3.96. The fourth-order valence-corrected chi connectivity index (χ4v) is 2.26. The topological polar surface area (TPSA) is 71.9 Å². The number of halogens is 1. The summed E-state index contributed by atoms with van der Waals surface area (Å²) in [6.07, 6.45) is 2.77. The Morgan fingerprint density at radius 3 is 2.75 bits per heavy atom. The van der Waals surface area contributed by atoms with Gasteiger partial charge < -0.3 is 14.4 Å². The molecular formula is C16H18FN5O2. The third-order valence-corrected chi connectivity index (χ3v) is 3.53. The number of hydrogen-bond acceptors (Lipinski definition) is 7. The number of nitrogens with one attached hydrogen (secondary N) is 1. The smallest absolute Gasteiger partial charge is 0.245 e. The van der Waals surface area contributed by atoms with Crippen molar-refractivity contribution in [2.45, 2.75) is 0 Å². The molecule has 3 rings (SSSR count). The number of anilines is 2. The van der Waals surface area contributed by atoms with Crippen molar-refractivity contribution >= 4 is 18.0 Å².